The molecule has 2 aromatic carbocycles. The van der Waals surface area contributed by atoms with E-state index in [9.17, 15) is 4.79 Å². The summed E-state index contributed by atoms with van der Waals surface area (Å²) in [5.41, 5.74) is 4.31. The van der Waals surface area contributed by atoms with Crippen molar-refractivity contribution < 1.29 is 9.53 Å². The van der Waals surface area contributed by atoms with Crippen molar-refractivity contribution in [1.29, 1.82) is 0 Å². The first kappa shape index (κ1) is 21.5. The zero-order valence-electron chi connectivity index (χ0n) is 17.9. The Morgan fingerprint density at radius 2 is 1.90 bits per heavy atom. The normalized spacial score (nSPS) is 14.9. The predicted molar refractivity (Wildman–Crippen MR) is 122 cm³/mol. The van der Waals surface area contributed by atoms with E-state index in [0.717, 1.165) is 24.6 Å². The molecule has 7 heteroatoms. The second kappa shape index (κ2) is 10.5. The van der Waals surface area contributed by atoms with Gasteiger partial charge in [0.2, 0.25) is 0 Å². The third-order valence-electron chi connectivity index (χ3n) is 5.26. The fourth-order valence-electron chi connectivity index (χ4n) is 3.51. The topological polar surface area (TPSA) is 78.0 Å². The number of ether oxygens (including phenoxy) is 1. The molecule has 0 aromatic heterocycles. The molecule has 0 bridgehead atoms. The maximum atomic E-state index is 11.3. The lowest BCUT2D eigenvalue weighted by Crippen LogP contribution is -2.38. The Labute approximate surface area is 178 Å². The first-order valence-corrected chi connectivity index (χ1v) is 10.3. The lowest BCUT2D eigenvalue weighted by Gasteiger charge is -2.22. The number of rotatable bonds is 6. The summed E-state index contributed by atoms with van der Waals surface area (Å²) in [5.74, 6) is 0.742. The fraction of sp³-hybridized carbons (Fsp3) is 0.391. The van der Waals surface area contributed by atoms with Gasteiger partial charge in [-0.25, -0.2) is 4.79 Å². The molecule has 1 saturated heterocycles. The van der Waals surface area contributed by atoms with Gasteiger partial charge in [0.1, 0.15) is 0 Å². The first-order chi connectivity index (χ1) is 14.6. The van der Waals surface area contributed by atoms with Crippen LogP contribution in [0.1, 0.15) is 36.9 Å². The van der Waals surface area contributed by atoms with Crippen molar-refractivity contribution in [1.82, 2.24) is 10.6 Å². The minimum absolute atomic E-state index is 0.130. The van der Waals surface area contributed by atoms with Crippen molar-refractivity contribution in [3.8, 4) is 0 Å². The molecule has 1 amide bonds. The number of carbonyl (C=O) groups is 1. The lowest BCUT2D eigenvalue weighted by atomic mass is 10.1. The number of hydrogen-bond donors (Lipinski definition) is 3. The molecule has 30 heavy (non-hydrogen) atoms. The molecule has 0 spiro atoms. The van der Waals surface area contributed by atoms with Crippen molar-refractivity contribution in [2.75, 3.05) is 37.5 Å². The summed E-state index contributed by atoms with van der Waals surface area (Å²) < 4.78 is 4.60. The molecule has 0 radical (unpaired) electrons. The number of guanidine groups is 1. The van der Waals surface area contributed by atoms with Gasteiger partial charge in [-0.1, -0.05) is 24.3 Å². The second-order valence-electron chi connectivity index (χ2n) is 7.39. The molecule has 1 aliphatic rings. The summed E-state index contributed by atoms with van der Waals surface area (Å²) in [7, 11) is 3.11. The van der Waals surface area contributed by atoms with E-state index in [-0.39, 0.29) is 6.04 Å². The molecule has 2 aromatic rings. The Kier molecular flexibility index (Phi) is 7.54. The van der Waals surface area contributed by atoms with E-state index in [2.05, 4.69) is 61.8 Å². The largest absolute Gasteiger partial charge is 0.453 e. The van der Waals surface area contributed by atoms with E-state index in [0.29, 0.717) is 12.2 Å². The minimum Gasteiger partial charge on any atom is -0.453 e. The van der Waals surface area contributed by atoms with Crippen LogP contribution in [0.25, 0.3) is 0 Å². The van der Waals surface area contributed by atoms with Crippen LogP contribution in [0.4, 0.5) is 16.2 Å². The Morgan fingerprint density at radius 1 is 1.17 bits per heavy atom. The molecule has 1 unspecified atom stereocenters. The van der Waals surface area contributed by atoms with Gasteiger partial charge in [-0.2, -0.15) is 0 Å². The van der Waals surface area contributed by atoms with Crippen LogP contribution in [-0.4, -0.2) is 39.3 Å². The number of hydrogen-bond acceptors (Lipinski definition) is 4. The summed E-state index contributed by atoms with van der Waals surface area (Å²) >= 11 is 0. The van der Waals surface area contributed by atoms with E-state index < -0.39 is 6.09 Å². The van der Waals surface area contributed by atoms with Gasteiger partial charge in [0.25, 0.3) is 0 Å². The van der Waals surface area contributed by atoms with E-state index >= 15 is 0 Å². The average molecular weight is 410 g/mol. The summed E-state index contributed by atoms with van der Waals surface area (Å²) in [6.07, 6.45) is 2.07. The van der Waals surface area contributed by atoms with Gasteiger partial charge in [0.05, 0.1) is 13.2 Å². The van der Waals surface area contributed by atoms with Crippen LogP contribution < -0.4 is 20.9 Å². The molecule has 0 aliphatic carbocycles. The number of amides is 1. The third-order valence-corrected chi connectivity index (χ3v) is 5.26. The highest BCUT2D eigenvalue weighted by molar-refractivity contribution is 5.84. The van der Waals surface area contributed by atoms with E-state index in [1.54, 1.807) is 7.05 Å². The first-order valence-electron chi connectivity index (χ1n) is 10.3. The predicted octanol–water partition coefficient (Wildman–Crippen LogP) is 3.89. The number of nitrogens with one attached hydrogen (secondary N) is 3. The van der Waals surface area contributed by atoms with Gasteiger partial charge in [0.15, 0.2) is 5.96 Å². The summed E-state index contributed by atoms with van der Waals surface area (Å²) in [5, 5.41) is 9.45. The third kappa shape index (κ3) is 5.89. The highest BCUT2D eigenvalue weighted by Gasteiger charge is 2.14. The smallest absolute Gasteiger partial charge is 0.411 e. The SMILES string of the molecule is CN=C(NCc1ccc(NC(=O)OC)cc1)NC(C)c1cccc(N2CCCC2)c1. The number of benzene rings is 2. The van der Waals surface area contributed by atoms with Crippen molar-refractivity contribution in [2.45, 2.75) is 32.4 Å². The van der Waals surface area contributed by atoms with Gasteiger partial charge in [-0.05, 0) is 55.2 Å². The number of nitrogens with zero attached hydrogens (tertiary/aromatic N) is 2. The van der Waals surface area contributed by atoms with Gasteiger partial charge < -0.3 is 20.3 Å². The maximum absolute atomic E-state index is 11.3. The molecular formula is C23H31N5O2. The number of aliphatic imine (C=N–C) groups is 1. The molecule has 1 atom stereocenters. The summed E-state index contributed by atoms with van der Waals surface area (Å²) in [6, 6.07) is 16.5. The highest BCUT2D eigenvalue weighted by Crippen LogP contribution is 2.24. The van der Waals surface area contributed by atoms with Crippen LogP contribution in [0.3, 0.4) is 0 Å². The lowest BCUT2D eigenvalue weighted by molar-refractivity contribution is 0.187. The summed E-state index contributed by atoms with van der Waals surface area (Å²) in [4.78, 5) is 18.1. The van der Waals surface area contributed by atoms with Gasteiger partial charge in [0, 0.05) is 38.1 Å². The monoisotopic (exact) mass is 409 g/mol. The van der Waals surface area contributed by atoms with E-state index in [1.807, 2.05) is 24.3 Å². The highest BCUT2D eigenvalue weighted by atomic mass is 16.5. The van der Waals surface area contributed by atoms with E-state index in [1.165, 1.54) is 31.2 Å². The zero-order chi connectivity index (χ0) is 21.3. The zero-order valence-corrected chi connectivity index (χ0v) is 17.9. The van der Waals surface area contributed by atoms with E-state index in [4.69, 9.17) is 0 Å². The van der Waals surface area contributed by atoms with Crippen LogP contribution >= 0.6 is 0 Å². The van der Waals surface area contributed by atoms with Gasteiger partial charge in [-0.15, -0.1) is 0 Å². The number of anilines is 2. The van der Waals surface area contributed by atoms with Crippen LogP contribution in [0.15, 0.2) is 53.5 Å². The molecule has 3 rings (SSSR count). The number of carbonyl (C=O) groups excluding carboxylic acids is 1. The van der Waals surface area contributed by atoms with Crippen LogP contribution in [-0.2, 0) is 11.3 Å². The van der Waals surface area contributed by atoms with Crippen molar-refractivity contribution in [2.24, 2.45) is 4.99 Å². The van der Waals surface area contributed by atoms with Crippen LogP contribution in [0.2, 0.25) is 0 Å². The Hall–Kier alpha value is -3.22. The standard InChI is InChI=1S/C23H31N5O2/c1-17(19-7-6-8-21(15-19)28-13-4-5-14-28)26-22(24-2)25-16-18-9-11-20(12-10-18)27-23(29)30-3/h6-12,15,17H,4-5,13-14,16H2,1-3H3,(H,27,29)(H2,24,25,26). The average Bonchev–Trinajstić information content (AvgIpc) is 3.32. The quantitative estimate of drug-likeness (QED) is 0.498. The molecule has 160 valence electrons. The molecule has 1 heterocycles. The number of methoxy groups -OCH3 is 1. The molecule has 1 aliphatic heterocycles. The van der Waals surface area contributed by atoms with Crippen LogP contribution in [0.5, 0.6) is 0 Å². The Bertz CT molecular complexity index is 860. The molecule has 0 saturated carbocycles. The maximum Gasteiger partial charge on any atom is 0.411 e. The second-order valence-corrected chi connectivity index (χ2v) is 7.39. The Morgan fingerprint density at radius 3 is 2.57 bits per heavy atom. The fourth-order valence-corrected chi connectivity index (χ4v) is 3.51. The van der Waals surface area contributed by atoms with Crippen molar-refractivity contribution in [3.63, 3.8) is 0 Å². The summed E-state index contributed by atoms with van der Waals surface area (Å²) in [6.45, 7) is 5.05. The molecular weight excluding hydrogens is 378 g/mol. The molecule has 3 N–H and O–H groups in total. The molecule has 1 fully saturated rings. The van der Waals surface area contributed by atoms with Crippen molar-refractivity contribution >= 4 is 23.4 Å². The van der Waals surface area contributed by atoms with Crippen LogP contribution in [0, 0.1) is 0 Å². The van der Waals surface area contributed by atoms with Crippen molar-refractivity contribution in [3.05, 3.63) is 59.7 Å². The molecule has 7 nitrogen and oxygen atoms in total. The Balaban J connectivity index is 1.54. The van der Waals surface area contributed by atoms with Gasteiger partial charge >= 0.3 is 6.09 Å². The minimum atomic E-state index is -0.478. The van der Waals surface area contributed by atoms with Gasteiger partial charge in [-0.3, -0.25) is 10.3 Å².